The Morgan fingerprint density at radius 3 is 2.14 bits per heavy atom. The number of aliphatic hydroxyl groups is 1. The molecule has 0 aliphatic heterocycles. The highest BCUT2D eigenvalue weighted by molar-refractivity contribution is 5.92. The quantitative estimate of drug-likeness (QED) is 0.0831. The van der Waals surface area contributed by atoms with Crippen molar-refractivity contribution in [2.75, 3.05) is 19.7 Å². The van der Waals surface area contributed by atoms with Crippen LogP contribution in [-0.2, 0) is 19.2 Å². The maximum absolute atomic E-state index is 12.0. The first-order valence-electron chi connectivity index (χ1n) is 9.01. The third-order valence-electron chi connectivity index (χ3n) is 3.84. The van der Waals surface area contributed by atoms with Crippen molar-refractivity contribution >= 4 is 29.7 Å². The summed E-state index contributed by atoms with van der Waals surface area (Å²) in [6, 6.07) is -3.35. The third kappa shape index (κ3) is 10.8. The molecule has 0 bridgehead atoms. The van der Waals surface area contributed by atoms with Crippen LogP contribution in [-0.4, -0.2) is 77.7 Å². The molecule has 13 heteroatoms. The molecule has 13 nitrogen and oxygen atoms in total. The monoisotopic (exact) mass is 417 g/mol. The van der Waals surface area contributed by atoms with Gasteiger partial charge in [-0.25, -0.2) is 4.79 Å². The summed E-state index contributed by atoms with van der Waals surface area (Å²) >= 11 is 0. The van der Waals surface area contributed by atoms with Gasteiger partial charge in [0.05, 0.1) is 19.2 Å². The van der Waals surface area contributed by atoms with Gasteiger partial charge in [-0.05, 0) is 18.8 Å². The zero-order valence-corrected chi connectivity index (χ0v) is 16.6. The fourth-order valence-electron chi connectivity index (χ4n) is 2.06. The summed E-state index contributed by atoms with van der Waals surface area (Å²) in [7, 11) is 0. The summed E-state index contributed by atoms with van der Waals surface area (Å²) in [6.45, 7) is 2.40. The van der Waals surface area contributed by atoms with E-state index in [1.54, 1.807) is 13.8 Å². The van der Waals surface area contributed by atoms with Crippen molar-refractivity contribution in [3.63, 3.8) is 0 Å². The van der Waals surface area contributed by atoms with E-state index in [1.165, 1.54) is 0 Å². The number of guanidine groups is 1. The molecule has 0 aromatic carbocycles. The zero-order valence-electron chi connectivity index (χ0n) is 16.6. The average molecular weight is 417 g/mol. The lowest BCUT2D eigenvalue weighted by atomic mass is 10.0. The van der Waals surface area contributed by atoms with Crippen LogP contribution < -0.4 is 33.2 Å². The van der Waals surface area contributed by atoms with Gasteiger partial charge < -0.3 is 43.4 Å². The van der Waals surface area contributed by atoms with E-state index in [-0.39, 0.29) is 24.8 Å². The van der Waals surface area contributed by atoms with E-state index in [1.807, 2.05) is 0 Å². The lowest BCUT2D eigenvalue weighted by Gasteiger charge is -2.21. The predicted molar refractivity (Wildman–Crippen MR) is 104 cm³/mol. The van der Waals surface area contributed by atoms with Gasteiger partial charge in [-0.2, -0.15) is 0 Å². The van der Waals surface area contributed by atoms with Crippen molar-refractivity contribution in [3.05, 3.63) is 0 Å². The number of rotatable bonds is 13. The number of aliphatic carboxylic acids is 1. The van der Waals surface area contributed by atoms with Crippen molar-refractivity contribution in [1.82, 2.24) is 16.0 Å². The van der Waals surface area contributed by atoms with Crippen molar-refractivity contribution in [2.45, 2.75) is 44.8 Å². The van der Waals surface area contributed by atoms with Gasteiger partial charge >= 0.3 is 5.97 Å². The number of amides is 3. The number of carboxylic acids is 1. The molecule has 0 rings (SSSR count). The molecule has 0 aromatic rings. The Kier molecular flexibility index (Phi) is 11.9. The van der Waals surface area contributed by atoms with Crippen molar-refractivity contribution in [3.8, 4) is 0 Å². The average Bonchev–Trinajstić information content (AvgIpc) is 2.64. The third-order valence-corrected chi connectivity index (χ3v) is 3.84. The van der Waals surface area contributed by atoms with Gasteiger partial charge in [0.15, 0.2) is 5.96 Å². The molecule has 0 heterocycles. The molecule has 3 unspecified atom stereocenters. The SMILES string of the molecule is CC(C)C(N)C(=O)NC(CO)C(=O)NCC(=O)NC(CCCN=C(N)N)C(=O)O. The van der Waals surface area contributed by atoms with E-state index in [0.29, 0.717) is 6.42 Å². The molecule has 3 amide bonds. The Bertz CT molecular complexity index is 607. The number of hydrogen-bond acceptors (Lipinski definition) is 7. The number of nitrogens with one attached hydrogen (secondary N) is 3. The number of carbonyl (C=O) groups is 4. The van der Waals surface area contributed by atoms with E-state index in [4.69, 9.17) is 22.3 Å². The molecule has 0 radical (unpaired) electrons. The van der Waals surface area contributed by atoms with Crippen LogP contribution in [0.2, 0.25) is 0 Å². The Balaban J connectivity index is 4.56. The van der Waals surface area contributed by atoms with Crippen LogP contribution in [0.5, 0.6) is 0 Å². The number of hydrogen-bond donors (Lipinski definition) is 8. The molecule has 3 atom stereocenters. The van der Waals surface area contributed by atoms with Crippen LogP contribution >= 0.6 is 0 Å². The first-order valence-corrected chi connectivity index (χ1v) is 9.01. The molecular formula is C16H31N7O6. The van der Waals surface area contributed by atoms with Crippen LogP contribution in [0.1, 0.15) is 26.7 Å². The molecule has 166 valence electrons. The summed E-state index contributed by atoms with van der Waals surface area (Å²) in [5, 5.41) is 25.2. The van der Waals surface area contributed by atoms with Crippen LogP contribution in [0.25, 0.3) is 0 Å². The minimum Gasteiger partial charge on any atom is -0.480 e. The number of carboxylic acid groups (broad SMARTS) is 1. The molecule has 0 fully saturated rings. The lowest BCUT2D eigenvalue weighted by Crippen LogP contribution is -2.55. The summed E-state index contributed by atoms with van der Waals surface area (Å²) in [5.41, 5.74) is 16.0. The van der Waals surface area contributed by atoms with Gasteiger partial charge in [0.2, 0.25) is 17.7 Å². The van der Waals surface area contributed by atoms with Crippen LogP contribution in [0, 0.1) is 5.92 Å². The lowest BCUT2D eigenvalue weighted by molar-refractivity contribution is -0.142. The van der Waals surface area contributed by atoms with Crippen molar-refractivity contribution < 1.29 is 29.4 Å². The van der Waals surface area contributed by atoms with Crippen molar-refractivity contribution in [1.29, 1.82) is 0 Å². The Hall–Kier alpha value is -2.93. The Labute approximate surface area is 168 Å². The van der Waals surface area contributed by atoms with Crippen LogP contribution in [0.4, 0.5) is 0 Å². The smallest absolute Gasteiger partial charge is 0.326 e. The van der Waals surface area contributed by atoms with Gasteiger partial charge in [0, 0.05) is 6.54 Å². The number of nitrogens with two attached hydrogens (primary N) is 3. The Morgan fingerprint density at radius 1 is 1.03 bits per heavy atom. The summed E-state index contributed by atoms with van der Waals surface area (Å²) in [4.78, 5) is 50.8. The van der Waals surface area contributed by atoms with Gasteiger partial charge in [-0.15, -0.1) is 0 Å². The molecule has 0 saturated heterocycles. The maximum Gasteiger partial charge on any atom is 0.326 e. The highest BCUT2D eigenvalue weighted by Gasteiger charge is 2.25. The molecule has 0 aliphatic rings. The molecule has 0 spiro atoms. The number of nitrogens with zero attached hydrogens (tertiary/aromatic N) is 1. The van der Waals surface area contributed by atoms with Crippen LogP contribution in [0.15, 0.2) is 4.99 Å². The predicted octanol–water partition coefficient (Wildman–Crippen LogP) is -3.81. The molecule has 11 N–H and O–H groups in total. The zero-order chi connectivity index (χ0) is 22.6. The molecule has 0 aromatic heterocycles. The van der Waals surface area contributed by atoms with E-state index < -0.39 is 55.0 Å². The van der Waals surface area contributed by atoms with Gasteiger partial charge in [-0.1, -0.05) is 13.8 Å². The fourth-order valence-corrected chi connectivity index (χ4v) is 2.06. The number of carbonyl (C=O) groups excluding carboxylic acids is 3. The maximum atomic E-state index is 12.0. The fraction of sp³-hybridized carbons (Fsp3) is 0.688. The van der Waals surface area contributed by atoms with E-state index in [2.05, 4.69) is 20.9 Å². The number of aliphatic imine (C=N–C) groups is 1. The molecule has 0 saturated carbocycles. The second-order valence-corrected chi connectivity index (χ2v) is 6.64. The topological polar surface area (TPSA) is 235 Å². The standard InChI is InChI=1S/C16H31N7O6/c1-8(2)12(17)14(27)23-10(7-24)13(26)21-6-11(25)22-9(15(28)29)4-3-5-20-16(18)19/h8-10,12,24H,3-7,17H2,1-2H3,(H,21,26)(H,22,25)(H,23,27)(H,28,29)(H4,18,19,20). The first-order chi connectivity index (χ1) is 13.5. The van der Waals surface area contributed by atoms with E-state index in [9.17, 15) is 24.3 Å². The largest absolute Gasteiger partial charge is 0.480 e. The minimum absolute atomic E-state index is 0.0776. The molecule has 0 aliphatic carbocycles. The molecular weight excluding hydrogens is 386 g/mol. The summed E-state index contributed by atoms with van der Waals surface area (Å²) in [6.07, 6.45) is 0.393. The van der Waals surface area contributed by atoms with Gasteiger partial charge in [0.25, 0.3) is 0 Å². The Morgan fingerprint density at radius 2 is 1.66 bits per heavy atom. The normalized spacial score (nSPS) is 13.7. The highest BCUT2D eigenvalue weighted by Crippen LogP contribution is 2.00. The van der Waals surface area contributed by atoms with Crippen LogP contribution in [0.3, 0.4) is 0 Å². The van der Waals surface area contributed by atoms with Gasteiger partial charge in [0.1, 0.15) is 12.1 Å². The van der Waals surface area contributed by atoms with E-state index >= 15 is 0 Å². The second kappa shape index (κ2) is 13.3. The van der Waals surface area contributed by atoms with Crippen molar-refractivity contribution in [2.24, 2.45) is 28.1 Å². The summed E-state index contributed by atoms with van der Waals surface area (Å²) in [5.74, 6) is -3.74. The summed E-state index contributed by atoms with van der Waals surface area (Å²) < 4.78 is 0. The highest BCUT2D eigenvalue weighted by atomic mass is 16.4. The second-order valence-electron chi connectivity index (χ2n) is 6.64. The van der Waals surface area contributed by atoms with Gasteiger partial charge in [-0.3, -0.25) is 19.4 Å². The first kappa shape index (κ1) is 26.1. The number of aliphatic hydroxyl groups excluding tert-OH is 1. The molecule has 29 heavy (non-hydrogen) atoms. The van der Waals surface area contributed by atoms with E-state index in [0.717, 1.165) is 0 Å². The minimum atomic E-state index is -1.30.